The third-order valence-electron chi connectivity index (χ3n) is 9.58. The predicted octanol–water partition coefficient (Wildman–Crippen LogP) is 11.5. The van der Waals surface area contributed by atoms with Crippen LogP contribution in [-0.2, 0) is 0 Å². The van der Waals surface area contributed by atoms with E-state index in [2.05, 4.69) is 168 Å². The van der Waals surface area contributed by atoms with Crippen molar-refractivity contribution in [2.24, 2.45) is 0 Å². The molecule has 2 heterocycles. The standard InChI is InChI=1S/C44H27N3/c1-2-12-28(13-3-1)29-22-24-31(25-23-29)42-37-20-10-11-21-38(37)45-44(46-42)47-39-27-26-30-14-4-5-15-32(30)40(39)41-35-18-8-6-16-33(35)34-17-7-9-19-36(34)43(41)47/h1-27H. The van der Waals surface area contributed by atoms with Crippen molar-refractivity contribution < 1.29 is 0 Å². The van der Waals surface area contributed by atoms with Gasteiger partial charge in [0.25, 0.3) is 0 Å². The zero-order chi connectivity index (χ0) is 30.9. The Bertz CT molecular complexity index is 2830. The van der Waals surface area contributed by atoms with Gasteiger partial charge in [-0.05, 0) is 50.2 Å². The summed E-state index contributed by atoms with van der Waals surface area (Å²) in [6, 6.07) is 58.3. The molecular weight excluding hydrogens is 571 g/mol. The van der Waals surface area contributed by atoms with Crippen molar-refractivity contribution in [3.8, 4) is 28.3 Å². The fraction of sp³-hybridized carbons (Fsp3) is 0. The lowest BCUT2D eigenvalue weighted by molar-refractivity contribution is 1.02. The Morgan fingerprint density at radius 1 is 0.362 bits per heavy atom. The van der Waals surface area contributed by atoms with Crippen LogP contribution in [0.4, 0.5) is 0 Å². The van der Waals surface area contributed by atoms with Crippen molar-refractivity contribution >= 4 is 65.0 Å². The molecule has 0 aliphatic rings. The van der Waals surface area contributed by atoms with Crippen LogP contribution in [0, 0.1) is 0 Å². The summed E-state index contributed by atoms with van der Waals surface area (Å²) < 4.78 is 2.31. The minimum Gasteiger partial charge on any atom is -0.277 e. The largest absolute Gasteiger partial charge is 0.277 e. The highest BCUT2D eigenvalue weighted by molar-refractivity contribution is 6.35. The first-order chi connectivity index (χ1) is 23.3. The molecule has 0 unspecified atom stereocenters. The number of hydrogen-bond acceptors (Lipinski definition) is 2. The second-order valence-corrected chi connectivity index (χ2v) is 12.2. The first-order valence-corrected chi connectivity index (χ1v) is 16.0. The van der Waals surface area contributed by atoms with Gasteiger partial charge in [0.05, 0.1) is 22.2 Å². The van der Waals surface area contributed by atoms with E-state index in [0.29, 0.717) is 5.95 Å². The van der Waals surface area contributed by atoms with Crippen molar-refractivity contribution in [2.45, 2.75) is 0 Å². The number of benzene rings is 8. The smallest absolute Gasteiger partial charge is 0.235 e. The lowest BCUT2D eigenvalue weighted by Gasteiger charge is -2.14. The average molecular weight is 598 g/mol. The van der Waals surface area contributed by atoms with Gasteiger partial charge in [-0.25, -0.2) is 9.97 Å². The second-order valence-electron chi connectivity index (χ2n) is 12.2. The van der Waals surface area contributed by atoms with Crippen LogP contribution in [0.3, 0.4) is 0 Å². The van der Waals surface area contributed by atoms with Crippen LogP contribution in [-0.4, -0.2) is 14.5 Å². The third-order valence-corrected chi connectivity index (χ3v) is 9.58. The van der Waals surface area contributed by atoms with Crippen molar-refractivity contribution in [3.63, 3.8) is 0 Å². The summed E-state index contributed by atoms with van der Waals surface area (Å²) >= 11 is 0. The molecule has 3 heteroatoms. The Morgan fingerprint density at radius 2 is 0.936 bits per heavy atom. The normalized spacial score (nSPS) is 11.8. The summed E-state index contributed by atoms with van der Waals surface area (Å²) in [5, 5.41) is 10.8. The molecule has 8 aromatic carbocycles. The number of nitrogens with zero attached hydrogens (tertiary/aromatic N) is 3. The molecule has 0 amide bonds. The maximum absolute atomic E-state index is 5.44. The molecule has 218 valence electrons. The molecule has 0 radical (unpaired) electrons. The summed E-state index contributed by atoms with van der Waals surface area (Å²) in [5.74, 6) is 0.668. The van der Waals surface area contributed by atoms with E-state index in [0.717, 1.165) is 33.2 Å². The maximum atomic E-state index is 5.44. The Morgan fingerprint density at radius 3 is 1.72 bits per heavy atom. The summed E-state index contributed by atoms with van der Waals surface area (Å²) in [6.45, 7) is 0. The Balaban J connectivity index is 1.35. The van der Waals surface area contributed by atoms with Crippen LogP contribution in [0.1, 0.15) is 0 Å². The van der Waals surface area contributed by atoms with Gasteiger partial charge in [-0.3, -0.25) is 4.57 Å². The number of hydrogen-bond donors (Lipinski definition) is 0. The van der Waals surface area contributed by atoms with Crippen LogP contribution in [0.5, 0.6) is 0 Å². The molecule has 0 bridgehead atoms. The van der Waals surface area contributed by atoms with E-state index < -0.39 is 0 Å². The quantitative estimate of drug-likeness (QED) is 0.190. The fourth-order valence-corrected chi connectivity index (χ4v) is 7.48. The Hall–Kier alpha value is -6.32. The predicted molar refractivity (Wildman–Crippen MR) is 197 cm³/mol. The second kappa shape index (κ2) is 10.1. The van der Waals surface area contributed by atoms with Gasteiger partial charge in [-0.1, -0.05) is 152 Å². The number of aromatic nitrogens is 3. The zero-order valence-corrected chi connectivity index (χ0v) is 25.4. The maximum Gasteiger partial charge on any atom is 0.235 e. The van der Waals surface area contributed by atoms with Gasteiger partial charge >= 0.3 is 0 Å². The molecular formula is C44H27N3. The Kier molecular flexibility index (Phi) is 5.57. The SMILES string of the molecule is c1ccc(-c2ccc(-c3nc(-n4c5ccc6ccccc6c5c5c6ccccc6c6ccccc6c54)nc4ccccc34)cc2)cc1. The molecule has 0 saturated heterocycles. The van der Waals surface area contributed by atoms with E-state index in [-0.39, 0.29) is 0 Å². The van der Waals surface area contributed by atoms with Gasteiger partial charge in [0.15, 0.2) is 0 Å². The molecule has 0 aliphatic carbocycles. The van der Waals surface area contributed by atoms with Gasteiger partial charge in [0, 0.05) is 27.1 Å². The van der Waals surface area contributed by atoms with Gasteiger partial charge in [-0.15, -0.1) is 0 Å². The average Bonchev–Trinajstić information content (AvgIpc) is 3.51. The molecule has 0 aliphatic heterocycles. The first kappa shape index (κ1) is 26.0. The molecule has 2 aromatic heterocycles. The van der Waals surface area contributed by atoms with Crippen molar-refractivity contribution in [1.82, 2.24) is 14.5 Å². The van der Waals surface area contributed by atoms with Gasteiger partial charge in [0.1, 0.15) is 0 Å². The minimum absolute atomic E-state index is 0.668. The van der Waals surface area contributed by atoms with Crippen molar-refractivity contribution in [1.29, 1.82) is 0 Å². The van der Waals surface area contributed by atoms with Crippen LogP contribution in [0.15, 0.2) is 164 Å². The molecule has 0 saturated carbocycles. The van der Waals surface area contributed by atoms with E-state index in [1.807, 2.05) is 0 Å². The fourth-order valence-electron chi connectivity index (χ4n) is 7.48. The van der Waals surface area contributed by atoms with Gasteiger partial charge in [0.2, 0.25) is 5.95 Å². The number of fused-ring (bicyclic) bond motifs is 11. The van der Waals surface area contributed by atoms with E-state index in [4.69, 9.17) is 9.97 Å². The lowest BCUT2D eigenvalue weighted by atomic mass is 9.95. The van der Waals surface area contributed by atoms with Crippen LogP contribution in [0.25, 0.3) is 93.4 Å². The van der Waals surface area contributed by atoms with Crippen molar-refractivity contribution in [2.75, 3.05) is 0 Å². The van der Waals surface area contributed by atoms with Crippen LogP contribution < -0.4 is 0 Å². The van der Waals surface area contributed by atoms with Crippen LogP contribution in [0.2, 0.25) is 0 Å². The zero-order valence-electron chi connectivity index (χ0n) is 25.4. The summed E-state index contributed by atoms with van der Waals surface area (Å²) in [6.07, 6.45) is 0. The Labute approximate surface area is 271 Å². The number of rotatable bonds is 3. The topological polar surface area (TPSA) is 30.7 Å². The van der Waals surface area contributed by atoms with E-state index in [1.54, 1.807) is 0 Å². The summed E-state index contributed by atoms with van der Waals surface area (Å²) in [5.41, 5.74) is 7.51. The molecule has 0 N–H and O–H groups in total. The molecule has 0 fully saturated rings. The summed E-state index contributed by atoms with van der Waals surface area (Å²) in [4.78, 5) is 10.7. The van der Waals surface area contributed by atoms with Gasteiger partial charge < -0.3 is 0 Å². The molecule has 0 atom stereocenters. The molecule has 3 nitrogen and oxygen atoms in total. The minimum atomic E-state index is 0.668. The highest BCUT2D eigenvalue weighted by Gasteiger charge is 2.22. The monoisotopic (exact) mass is 597 g/mol. The lowest BCUT2D eigenvalue weighted by Crippen LogP contribution is -2.04. The highest BCUT2D eigenvalue weighted by Crippen LogP contribution is 2.44. The first-order valence-electron chi connectivity index (χ1n) is 16.0. The molecule has 10 aromatic rings. The van der Waals surface area contributed by atoms with E-state index >= 15 is 0 Å². The highest BCUT2D eigenvalue weighted by atomic mass is 15.2. The van der Waals surface area contributed by atoms with Crippen molar-refractivity contribution in [3.05, 3.63) is 164 Å². The van der Waals surface area contributed by atoms with Crippen LogP contribution >= 0.6 is 0 Å². The van der Waals surface area contributed by atoms with E-state index in [1.165, 1.54) is 54.2 Å². The van der Waals surface area contributed by atoms with E-state index in [9.17, 15) is 0 Å². The molecule has 0 spiro atoms. The third kappa shape index (κ3) is 3.87. The van der Waals surface area contributed by atoms with Gasteiger partial charge in [-0.2, -0.15) is 0 Å². The molecule has 47 heavy (non-hydrogen) atoms. The summed E-state index contributed by atoms with van der Waals surface area (Å²) in [7, 11) is 0. The number of para-hydroxylation sites is 1. The molecule has 10 rings (SSSR count).